The quantitative estimate of drug-likeness (QED) is 0.493. The number of hydrogen-bond donors (Lipinski definition) is 3. The molecular formula is C21H20N6O2. The number of anilines is 1. The Kier molecular flexibility index (Phi) is 4.13. The van der Waals surface area contributed by atoms with E-state index in [0.717, 1.165) is 34.1 Å². The molecule has 4 N–H and O–H groups in total. The Balaban J connectivity index is 1.55. The highest BCUT2D eigenvalue weighted by Gasteiger charge is 2.27. The van der Waals surface area contributed by atoms with E-state index in [4.69, 9.17) is 10.7 Å². The number of nitrogens with one attached hydrogen (secondary N) is 1. The van der Waals surface area contributed by atoms with Crippen molar-refractivity contribution in [3.8, 4) is 11.1 Å². The van der Waals surface area contributed by atoms with Crippen molar-refractivity contribution in [2.24, 2.45) is 0 Å². The van der Waals surface area contributed by atoms with Crippen LogP contribution in [0.5, 0.6) is 0 Å². The van der Waals surface area contributed by atoms with Gasteiger partial charge in [0.05, 0.1) is 17.4 Å². The van der Waals surface area contributed by atoms with Crippen molar-refractivity contribution in [3.63, 3.8) is 0 Å². The van der Waals surface area contributed by atoms with Gasteiger partial charge in [0, 0.05) is 41.2 Å². The van der Waals surface area contributed by atoms with Crippen LogP contribution in [0.1, 0.15) is 24.5 Å². The highest BCUT2D eigenvalue weighted by molar-refractivity contribution is 5.86. The second kappa shape index (κ2) is 6.82. The van der Waals surface area contributed by atoms with Gasteiger partial charge >= 0.3 is 5.97 Å². The van der Waals surface area contributed by atoms with Gasteiger partial charge in [-0.15, -0.1) is 0 Å². The Labute approximate surface area is 166 Å². The van der Waals surface area contributed by atoms with E-state index in [1.54, 1.807) is 10.7 Å². The zero-order valence-electron chi connectivity index (χ0n) is 15.6. The first kappa shape index (κ1) is 17.6. The van der Waals surface area contributed by atoms with Gasteiger partial charge in [-0.25, -0.2) is 4.98 Å². The minimum atomic E-state index is -0.812. The van der Waals surface area contributed by atoms with Crippen molar-refractivity contribution >= 4 is 28.3 Å². The van der Waals surface area contributed by atoms with Crippen molar-refractivity contribution < 1.29 is 9.90 Å². The molecular weight excluding hydrogens is 368 g/mol. The Morgan fingerprint density at radius 1 is 1.21 bits per heavy atom. The molecule has 2 unspecified atom stereocenters. The summed E-state index contributed by atoms with van der Waals surface area (Å²) in [6.07, 6.45) is 4.89. The van der Waals surface area contributed by atoms with E-state index in [9.17, 15) is 9.90 Å². The molecule has 4 heterocycles. The van der Waals surface area contributed by atoms with Gasteiger partial charge in [0.25, 0.3) is 0 Å². The average molecular weight is 388 g/mol. The van der Waals surface area contributed by atoms with Gasteiger partial charge in [-0.1, -0.05) is 18.2 Å². The molecule has 8 heteroatoms. The van der Waals surface area contributed by atoms with Gasteiger partial charge in [0.2, 0.25) is 0 Å². The first-order chi connectivity index (χ1) is 14.1. The minimum absolute atomic E-state index is 0.107. The van der Waals surface area contributed by atoms with E-state index in [0.29, 0.717) is 24.4 Å². The summed E-state index contributed by atoms with van der Waals surface area (Å²) < 4.78 is 1.63. The van der Waals surface area contributed by atoms with E-state index < -0.39 is 12.0 Å². The number of aliphatic carboxylic acids is 1. The molecule has 0 saturated carbocycles. The van der Waals surface area contributed by atoms with Crippen molar-refractivity contribution in [2.75, 3.05) is 12.3 Å². The van der Waals surface area contributed by atoms with E-state index in [1.165, 1.54) is 0 Å². The summed E-state index contributed by atoms with van der Waals surface area (Å²) in [6.45, 7) is 0.556. The third-order valence-electron chi connectivity index (χ3n) is 5.55. The Hall–Kier alpha value is -3.52. The molecule has 8 nitrogen and oxygen atoms in total. The third kappa shape index (κ3) is 3.07. The number of nitrogen functional groups attached to an aromatic ring is 1. The number of para-hydroxylation sites is 1. The van der Waals surface area contributed by atoms with Gasteiger partial charge in [-0.05, 0) is 25.0 Å². The van der Waals surface area contributed by atoms with E-state index in [-0.39, 0.29) is 5.92 Å². The SMILES string of the molecule is Nc1cc(C2CCC(C(=O)O)NC2)nc2c(-c3cnc4ccccc4c3)cnn12. The number of fused-ring (bicyclic) bond motifs is 2. The van der Waals surface area contributed by atoms with Crippen LogP contribution in [0.3, 0.4) is 0 Å². The number of pyridine rings is 1. The molecule has 0 amide bonds. The van der Waals surface area contributed by atoms with Crippen LogP contribution in [0, 0.1) is 0 Å². The molecule has 1 aliphatic heterocycles. The van der Waals surface area contributed by atoms with Crippen LogP contribution in [0.15, 0.2) is 48.8 Å². The van der Waals surface area contributed by atoms with Crippen LogP contribution in [-0.4, -0.2) is 43.2 Å². The first-order valence-corrected chi connectivity index (χ1v) is 9.55. The van der Waals surface area contributed by atoms with Crippen LogP contribution in [-0.2, 0) is 4.79 Å². The fourth-order valence-corrected chi connectivity index (χ4v) is 3.96. The molecule has 5 rings (SSSR count). The number of piperidine rings is 1. The predicted molar refractivity (Wildman–Crippen MR) is 110 cm³/mol. The molecule has 1 aliphatic rings. The van der Waals surface area contributed by atoms with Gasteiger partial charge in [-0.2, -0.15) is 9.61 Å². The molecule has 29 heavy (non-hydrogen) atoms. The number of benzene rings is 1. The molecule has 1 saturated heterocycles. The normalized spacial score (nSPS) is 19.6. The lowest BCUT2D eigenvalue weighted by molar-refractivity contribution is -0.140. The molecule has 1 fully saturated rings. The fourth-order valence-electron chi connectivity index (χ4n) is 3.96. The average Bonchev–Trinajstić information content (AvgIpc) is 3.18. The lowest BCUT2D eigenvalue weighted by atomic mass is 9.92. The molecule has 2 atom stereocenters. The Morgan fingerprint density at radius 2 is 2.07 bits per heavy atom. The molecule has 4 aromatic rings. The summed E-state index contributed by atoms with van der Waals surface area (Å²) in [5, 5.41) is 17.7. The van der Waals surface area contributed by atoms with Crippen LogP contribution < -0.4 is 11.1 Å². The summed E-state index contributed by atoms with van der Waals surface area (Å²) in [7, 11) is 0. The van der Waals surface area contributed by atoms with Gasteiger partial charge in [0.1, 0.15) is 11.9 Å². The van der Waals surface area contributed by atoms with Crippen molar-refractivity contribution in [1.29, 1.82) is 0 Å². The maximum absolute atomic E-state index is 11.2. The van der Waals surface area contributed by atoms with E-state index in [1.807, 2.05) is 36.5 Å². The zero-order chi connectivity index (χ0) is 20.0. The van der Waals surface area contributed by atoms with Gasteiger partial charge < -0.3 is 16.2 Å². The third-order valence-corrected chi connectivity index (χ3v) is 5.55. The van der Waals surface area contributed by atoms with Gasteiger partial charge in [0.15, 0.2) is 5.65 Å². The van der Waals surface area contributed by atoms with Crippen LogP contribution in [0.2, 0.25) is 0 Å². The van der Waals surface area contributed by atoms with E-state index in [2.05, 4.69) is 21.5 Å². The van der Waals surface area contributed by atoms with Crippen molar-refractivity contribution in [3.05, 3.63) is 54.5 Å². The molecule has 1 aromatic carbocycles. The number of hydrogen-bond acceptors (Lipinski definition) is 6. The topological polar surface area (TPSA) is 118 Å². The molecule has 0 radical (unpaired) electrons. The largest absolute Gasteiger partial charge is 0.480 e. The maximum Gasteiger partial charge on any atom is 0.320 e. The fraction of sp³-hybridized carbons (Fsp3) is 0.238. The zero-order valence-corrected chi connectivity index (χ0v) is 15.6. The molecule has 146 valence electrons. The smallest absolute Gasteiger partial charge is 0.320 e. The molecule has 0 spiro atoms. The van der Waals surface area contributed by atoms with Crippen LogP contribution in [0.4, 0.5) is 5.82 Å². The first-order valence-electron chi connectivity index (χ1n) is 9.55. The standard InChI is InChI=1S/C21H20N6O2/c22-19-8-18(13-5-6-17(21(28)29)24-9-13)26-20-15(11-25-27(19)20)14-7-12-3-1-2-4-16(12)23-10-14/h1-4,7-8,10-11,13,17,24H,5-6,9,22H2,(H,28,29). The number of carboxylic acid groups (broad SMARTS) is 1. The number of nitrogens with two attached hydrogens (primary N) is 1. The number of carbonyl (C=O) groups is 1. The summed E-state index contributed by atoms with van der Waals surface area (Å²) >= 11 is 0. The molecule has 3 aromatic heterocycles. The molecule has 0 aliphatic carbocycles. The molecule has 0 bridgehead atoms. The minimum Gasteiger partial charge on any atom is -0.480 e. The van der Waals surface area contributed by atoms with Crippen LogP contribution in [0.25, 0.3) is 27.7 Å². The van der Waals surface area contributed by atoms with Crippen molar-refractivity contribution in [1.82, 2.24) is 24.9 Å². The Bertz CT molecular complexity index is 1230. The lowest BCUT2D eigenvalue weighted by Crippen LogP contribution is -2.43. The Morgan fingerprint density at radius 3 is 2.86 bits per heavy atom. The summed E-state index contributed by atoms with van der Waals surface area (Å²) in [5.41, 5.74) is 10.5. The highest BCUT2D eigenvalue weighted by atomic mass is 16.4. The number of nitrogens with zero attached hydrogens (tertiary/aromatic N) is 4. The number of carboxylic acids is 1. The summed E-state index contributed by atoms with van der Waals surface area (Å²) in [5.74, 6) is -0.200. The van der Waals surface area contributed by atoms with Crippen LogP contribution >= 0.6 is 0 Å². The second-order valence-electron chi connectivity index (χ2n) is 7.39. The maximum atomic E-state index is 11.2. The van der Waals surface area contributed by atoms with E-state index >= 15 is 0 Å². The van der Waals surface area contributed by atoms with Crippen molar-refractivity contribution in [2.45, 2.75) is 24.8 Å². The lowest BCUT2D eigenvalue weighted by Gasteiger charge is -2.27. The highest BCUT2D eigenvalue weighted by Crippen LogP contribution is 2.30. The van der Waals surface area contributed by atoms with Gasteiger partial charge in [-0.3, -0.25) is 9.78 Å². The number of rotatable bonds is 3. The number of aromatic nitrogens is 4. The predicted octanol–water partition coefficient (Wildman–Crippen LogP) is 2.45. The summed E-state index contributed by atoms with van der Waals surface area (Å²) in [6, 6.07) is 11.4. The monoisotopic (exact) mass is 388 g/mol. The summed E-state index contributed by atoms with van der Waals surface area (Å²) in [4.78, 5) is 20.6. The second-order valence-corrected chi connectivity index (χ2v) is 7.39.